The van der Waals surface area contributed by atoms with Gasteiger partial charge in [-0.2, -0.15) is 31.6 Å². The lowest BCUT2D eigenvalue weighted by atomic mass is 9.95. The van der Waals surface area contributed by atoms with Gasteiger partial charge in [-0.15, -0.1) is 0 Å². The second-order valence-electron chi connectivity index (χ2n) is 9.91. The SMILES string of the molecule is CCc1cc(Cc2ccccc2)cc(CC)c1N=C1c2cc(C(F)(F)F)ccc2-c2c(C#N)cc(C(F)(F)F)cc21. The number of fused-ring (bicyclic) bond motifs is 3. The quantitative estimate of drug-likeness (QED) is 0.197. The van der Waals surface area contributed by atoms with Crippen LogP contribution in [0.25, 0.3) is 11.1 Å². The summed E-state index contributed by atoms with van der Waals surface area (Å²) in [6.45, 7) is 3.86. The van der Waals surface area contributed by atoms with Crippen molar-refractivity contribution in [1.82, 2.24) is 0 Å². The molecule has 0 spiro atoms. The first-order valence-corrected chi connectivity index (χ1v) is 13.1. The molecular weight excluding hydrogens is 538 g/mol. The van der Waals surface area contributed by atoms with Gasteiger partial charge in [-0.3, -0.25) is 0 Å². The molecule has 4 aromatic rings. The number of nitriles is 1. The summed E-state index contributed by atoms with van der Waals surface area (Å²) < 4.78 is 82.7. The van der Waals surface area contributed by atoms with Crippen LogP contribution in [0, 0.1) is 11.3 Å². The lowest BCUT2D eigenvalue weighted by molar-refractivity contribution is -0.138. The lowest BCUT2D eigenvalue weighted by Crippen LogP contribution is -2.09. The Morgan fingerprint density at radius 3 is 1.85 bits per heavy atom. The molecule has 0 unspecified atom stereocenters. The van der Waals surface area contributed by atoms with E-state index in [9.17, 15) is 31.6 Å². The molecule has 0 atom stereocenters. The lowest BCUT2D eigenvalue weighted by Gasteiger charge is -2.15. The van der Waals surface area contributed by atoms with Gasteiger partial charge in [0.15, 0.2) is 0 Å². The summed E-state index contributed by atoms with van der Waals surface area (Å²) in [4.78, 5) is 4.82. The Bertz CT molecular complexity index is 1680. The standard InChI is InChI=1S/C33H24F6N2/c1-3-21-13-20(12-19-8-6-5-7-9-19)14-22(4-2)30(21)41-31-27-16-24(32(34,35)36)10-11-26(27)29-23(18-40)15-25(17-28(29)31)33(37,38)39/h5-11,13-17H,3-4,12H2,1-2H3. The molecule has 0 saturated carbocycles. The molecule has 1 aliphatic rings. The number of nitrogens with zero attached hydrogens (tertiary/aromatic N) is 2. The predicted octanol–water partition coefficient (Wildman–Crippen LogP) is 9.46. The van der Waals surface area contributed by atoms with Crippen LogP contribution in [0.1, 0.15) is 63.9 Å². The molecule has 0 aliphatic heterocycles. The van der Waals surface area contributed by atoms with Gasteiger partial charge in [0.1, 0.15) is 0 Å². The molecule has 0 heterocycles. The van der Waals surface area contributed by atoms with Crippen molar-refractivity contribution in [3.8, 4) is 17.2 Å². The molecular formula is C33H24F6N2. The summed E-state index contributed by atoms with van der Waals surface area (Å²) in [6, 6.07) is 20.2. The van der Waals surface area contributed by atoms with Crippen LogP contribution < -0.4 is 0 Å². The number of benzene rings is 4. The minimum Gasteiger partial charge on any atom is -0.247 e. The van der Waals surface area contributed by atoms with Crippen molar-refractivity contribution in [3.05, 3.63) is 123 Å². The van der Waals surface area contributed by atoms with Crippen molar-refractivity contribution in [2.24, 2.45) is 4.99 Å². The van der Waals surface area contributed by atoms with E-state index in [0.29, 0.717) is 24.9 Å². The van der Waals surface area contributed by atoms with Gasteiger partial charge < -0.3 is 0 Å². The summed E-state index contributed by atoms with van der Waals surface area (Å²) in [5.41, 5.74) is 2.46. The molecule has 41 heavy (non-hydrogen) atoms. The molecule has 2 nitrogen and oxygen atoms in total. The summed E-state index contributed by atoms with van der Waals surface area (Å²) in [6.07, 6.45) is -7.67. The van der Waals surface area contributed by atoms with Gasteiger partial charge in [0.25, 0.3) is 0 Å². The van der Waals surface area contributed by atoms with E-state index in [1.807, 2.05) is 62.4 Å². The summed E-state index contributed by atoms with van der Waals surface area (Å²) in [5, 5.41) is 9.76. The van der Waals surface area contributed by atoms with E-state index in [0.717, 1.165) is 46.5 Å². The van der Waals surface area contributed by atoms with Crippen molar-refractivity contribution in [2.75, 3.05) is 0 Å². The Balaban J connectivity index is 1.78. The molecule has 0 N–H and O–H groups in total. The average Bonchev–Trinajstić information content (AvgIpc) is 3.25. The summed E-state index contributed by atoms with van der Waals surface area (Å²) in [5.74, 6) is 0. The first-order chi connectivity index (χ1) is 19.4. The number of rotatable bonds is 5. The van der Waals surface area contributed by atoms with Crippen LogP contribution in [-0.4, -0.2) is 5.71 Å². The van der Waals surface area contributed by atoms with Crippen LogP contribution in [-0.2, 0) is 31.6 Å². The van der Waals surface area contributed by atoms with E-state index in [4.69, 9.17) is 4.99 Å². The number of halogens is 6. The van der Waals surface area contributed by atoms with Crippen LogP contribution in [0.5, 0.6) is 0 Å². The van der Waals surface area contributed by atoms with Crippen LogP contribution in [0.2, 0.25) is 0 Å². The molecule has 0 saturated heterocycles. The van der Waals surface area contributed by atoms with Gasteiger partial charge in [-0.25, -0.2) is 4.99 Å². The van der Waals surface area contributed by atoms with E-state index in [-0.39, 0.29) is 33.5 Å². The molecule has 0 amide bonds. The van der Waals surface area contributed by atoms with Crippen molar-refractivity contribution >= 4 is 11.4 Å². The Morgan fingerprint density at radius 1 is 0.683 bits per heavy atom. The number of hydrogen-bond donors (Lipinski definition) is 0. The van der Waals surface area contributed by atoms with Crippen molar-refractivity contribution < 1.29 is 26.3 Å². The van der Waals surface area contributed by atoms with Crippen molar-refractivity contribution in [3.63, 3.8) is 0 Å². The third kappa shape index (κ3) is 5.37. The highest BCUT2D eigenvalue weighted by molar-refractivity contribution is 6.26. The monoisotopic (exact) mass is 562 g/mol. The summed E-state index contributed by atoms with van der Waals surface area (Å²) in [7, 11) is 0. The third-order valence-electron chi connectivity index (χ3n) is 7.28. The highest BCUT2D eigenvalue weighted by atomic mass is 19.4. The highest BCUT2D eigenvalue weighted by Gasteiger charge is 2.38. The van der Waals surface area contributed by atoms with Crippen LogP contribution >= 0.6 is 0 Å². The zero-order valence-electron chi connectivity index (χ0n) is 22.2. The fourth-order valence-electron chi connectivity index (χ4n) is 5.33. The second kappa shape index (κ2) is 10.5. The predicted molar refractivity (Wildman–Crippen MR) is 146 cm³/mol. The van der Waals surface area contributed by atoms with Gasteiger partial charge in [0.05, 0.1) is 34.2 Å². The topological polar surface area (TPSA) is 36.1 Å². The van der Waals surface area contributed by atoms with E-state index < -0.39 is 23.5 Å². The first kappa shape index (κ1) is 28.2. The minimum absolute atomic E-state index is 0.0103. The Kier molecular flexibility index (Phi) is 7.24. The maximum Gasteiger partial charge on any atom is 0.416 e. The Labute approximate surface area is 233 Å². The smallest absolute Gasteiger partial charge is 0.247 e. The zero-order chi connectivity index (χ0) is 29.5. The molecule has 0 radical (unpaired) electrons. The van der Waals surface area contributed by atoms with Crippen molar-refractivity contribution in [2.45, 2.75) is 45.5 Å². The molecule has 0 aromatic heterocycles. The summed E-state index contributed by atoms with van der Waals surface area (Å²) >= 11 is 0. The van der Waals surface area contributed by atoms with Gasteiger partial charge in [-0.1, -0.05) is 62.4 Å². The maximum absolute atomic E-state index is 13.8. The number of alkyl halides is 6. The minimum atomic E-state index is -4.76. The second-order valence-corrected chi connectivity index (χ2v) is 9.91. The molecule has 5 rings (SSSR count). The molecule has 8 heteroatoms. The third-order valence-corrected chi connectivity index (χ3v) is 7.28. The zero-order valence-corrected chi connectivity index (χ0v) is 22.2. The normalized spacial score (nSPS) is 13.7. The molecule has 0 bridgehead atoms. The average molecular weight is 563 g/mol. The fourth-order valence-corrected chi connectivity index (χ4v) is 5.33. The van der Waals surface area contributed by atoms with E-state index in [2.05, 4.69) is 0 Å². The number of aryl methyl sites for hydroxylation is 2. The van der Waals surface area contributed by atoms with E-state index >= 15 is 0 Å². The first-order valence-electron chi connectivity index (χ1n) is 13.1. The van der Waals surface area contributed by atoms with Gasteiger partial charge in [-0.05, 0) is 71.3 Å². The number of hydrogen-bond acceptors (Lipinski definition) is 2. The van der Waals surface area contributed by atoms with E-state index in [1.165, 1.54) is 6.07 Å². The fraction of sp³-hybridized carbons (Fsp3) is 0.212. The highest BCUT2D eigenvalue weighted by Crippen LogP contribution is 2.45. The van der Waals surface area contributed by atoms with Gasteiger partial charge in [0.2, 0.25) is 0 Å². The van der Waals surface area contributed by atoms with Gasteiger partial charge >= 0.3 is 12.4 Å². The van der Waals surface area contributed by atoms with Gasteiger partial charge in [0, 0.05) is 16.7 Å². The molecule has 4 aromatic carbocycles. The molecule has 1 aliphatic carbocycles. The molecule has 0 fully saturated rings. The van der Waals surface area contributed by atoms with E-state index in [1.54, 1.807) is 0 Å². The van der Waals surface area contributed by atoms with Crippen LogP contribution in [0.3, 0.4) is 0 Å². The Hall–Kier alpha value is -4.38. The number of aliphatic imine (C=N–C) groups is 1. The maximum atomic E-state index is 13.8. The molecule has 208 valence electrons. The van der Waals surface area contributed by atoms with Crippen LogP contribution in [0.15, 0.2) is 77.8 Å². The van der Waals surface area contributed by atoms with Crippen LogP contribution in [0.4, 0.5) is 32.0 Å². The largest absolute Gasteiger partial charge is 0.416 e. The van der Waals surface area contributed by atoms with Crippen molar-refractivity contribution in [1.29, 1.82) is 5.26 Å². The Morgan fingerprint density at radius 2 is 1.29 bits per heavy atom.